The minimum Gasteiger partial charge on any atom is -0.508 e. The fraction of sp³-hybridized carbons (Fsp3) is 0.400. The largest absolute Gasteiger partial charge is 0.508 e. The molecule has 1 aromatic heterocycles. The van der Waals surface area contributed by atoms with Crippen molar-refractivity contribution in [2.45, 2.75) is 51.7 Å². The molecule has 1 aliphatic rings. The van der Waals surface area contributed by atoms with Crippen LogP contribution in [0.1, 0.15) is 39.2 Å². The van der Waals surface area contributed by atoms with Gasteiger partial charge in [-0.1, -0.05) is 35.9 Å². The van der Waals surface area contributed by atoms with Crippen molar-refractivity contribution in [3.05, 3.63) is 59.1 Å². The van der Waals surface area contributed by atoms with E-state index < -0.39 is 0 Å². The van der Waals surface area contributed by atoms with Crippen LogP contribution in [0.3, 0.4) is 0 Å². The van der Waals surface area contributed by atoms with Crippen LogP contribution in [0.15, 0.2) is 48.5 Å². The van der Waals surface area contributed by atoms with Gasteiger partial charge in [0.25, 0.3) is 0 Å². The number of hydrogen-bond donors (Lipinski definition) is 3. The molecular formula is C25H32Cl2N4O. The van der Waals surface area contributed by atoms with E-state index in [9.17, 15) is 5.11 Å². The number of pyridine rings is 1. The van der Waals surface area contributed by atoms with Crippen LogP contribution in [0.5, 0.6) is 5.75 Å². The van der Waals surface area contributed by atoms with Crippen molar-refractivity contribution in [1.29, 1.82) is 0 Å². The molecule has 1 aliphatic heterocycles. The average molecular weight is 475 g/mol. The fourth-order valence-corrected chi connectivity index (χ4v) is 4.42. The summed E-state index contributed by atoms with van der Waals surface area (Å²) in [5.41, 5.74) is 3.11. The molecule has 4 rings (SSSR count). The number of phenolic OH excluding ortho intramolecular Hbond substituents is 1. The smallest absolute Gasteiger partial charge is 0.129 e. The number of rotatable bonds is 5. The minimum atomic E-state index is 0. The summed E-state index contributed by atoms with van der Waals surface area (Å²) in [6.45, 7) is 9.19. The van der Waals surface area contributed by atoms with Gasteiger partial charge in [-0.05, 0) is 51.8 Å². The summed E-state index contributed by atoms with van der Waals surface area (Å²) >= 11 is 5.95. The number of piperidine rings is 1. The van der Waals surface area contributed by atoms with Gasteiger partial charge in [-0.3, -0.25) is 0 Å². The Labute approximate surface area is 201 Å². The van der Waals surface area contributed by atoms with Crippen molar-refractivity contribution >= 4 is 46.4 Å². The molecule has 172 valence electrons. The zero-order valence-corrected chi connectivity index (χ0v) is 20.4. The van der Waals surface area contributed by atoms with Gasteiger partial charge in [0, 0.05) is 58.9 Å². The Morgan fingerprint density at radius 3 is 2.50 bits per heavy atom. The van der Waals surface area contributed by atoms with Gasteiger partial charge in [-0.25, -0.2) is 4.98 Å². The molecule has 3 aromatic rings. The molecule has 0 bridgehead atoms. The maximum Gasteiger partial charge on any atom is 0.129 e. The summed E-state index contributed by atoms with van der Waals surface area (Å²) in [5.74, 6) is 0.993. The Balaban J connectivity index is 0.00000289. The van der Waals surface area contributed by atoms with Crippen molar-refractivity contribution in [2.24, 2.45) is 0 Å². The van der Waals surface area contributed by atoms with E-state index in [1.807, 2.05) is 12.1 Å². The third-order valence-electron chi connectivity index (χ3n) is 5.67. The standard InChI is InChI=1S/C25H31ClN4O.ClH/c1-25(2,3)29-19-10-12-30(13-11-19)22-15-24(28-21-7-5-4-6-20(21)22)27-16-17-8-9-18(26)14-23(17)31;/h4-9,14-15,19,29,31H,10-13,16H2,1-3H3,(H,27,28);1H. The van der Waals surface area contributed by atoms with Crippen molar-refractivity contribution in [2.75, 3.05) is 23.3 Å². The van der Waals surface area contributed by atoms with E-state index in [0.717, 1.165) is 42.8 Å². The topological polar surface area (TPSA) is 60.4 Å². The Kier molecular flexibility index (Phi) is 7.75. The predicted molar refractivity (Wildman–Crippen MR) is 138 cm³/mol. The number of anilines is 2. The van der Waals surface area contributed by atoms with Gasteiger partial charge < -0.3 is 20.6 Å². The lowest BCUT2D eigenvalue weighted by atomic mass is 9.99. The van der Waals surface area contributed by atoms with Crippen molar-refractivity contribution in [1.82, 2.24) is 10.3 Å². The van der Waals surface area contributed by atoms with Gasteiger partial charge in [0.05, 0.1) is 5.52 Å². The normalized spacial score (nSPS) is 14.9. The molecule has 0 unspecified atom stereocenters. The van der Waals surface area contributed by atoms with Crippen molar-refractivity contribution in [3.8, 4) is 5.75 Å². The van der Waals surface area contributed by atoms with Crippen LogP contribution in [-0.2, 0) is 6.54 Å². The third kappa shape index (κ3) is 5.97. The molecule has 0 radical (unpaired) electrons. The first-order valence-corrected chi connectivity index (χ1v) is 11.3. The Morgan fingerprint density at radius 2 is 1.81 bits per heavy atom. The molecule has 0 aliphatic carbocycles. The third-order valence-corrected chi connectivity index (χ3v) is 5.91. The van der Waals surface area contributed by atoms with Gasteiger partial charge in [-0.2, -0.15) is 0 Å². The molecular weight excluding hydrogens is 443 g/mol. The number of fused-ring (bicyclic) bond motifs is 1. The average Bonchev–Trinajstić information content (AvgIpc) is 2.72. The number of halogens is 2. The zero-order valence-electron chi connectivity index (χ0n) is 18.9. The number of phenols is 1. The summed E-state index contributed by atoms with van der Waals surface area (Å²) < 4.78 is 0. The summed E-state index contributed by atoms with van der Waals surface area (Å²) in [6, 6.07) is 16.2. The first-order chi connectivity index (χ1) is 14.8. The molecule has 32 heavy (non-hydrogen) atoms. The Morgan fingerprint density at radius 1 is 1.09 bits per heavy atom. The van der Waals surface area contributed by atoms with Crippen LogP contribution in [0.4, 0.5) is 11.5 Å². The second kappa shape index (κ2) is 10.2. The van der Waals surface area contributed by atoms with Crippen LogP contribution in [-0.4, -0.2) is 34.8 Å². The summed E-state index contributed by atoms with van der Waals surface area (Å²) in [6.07, 6.45) is 2.24. The lowest BCUT2D eigenvalue weighted by Crippen LogP contribution is -2.49. The SMILES string of the molecule is CC(C)(C)NC1CCN(c2cc(NCc3ccc(Cl)cc3O)nc3ccccc23)CC1.Cl. The van der Waals surface area contributed by atoms with Gasteiger partial charge in [0.2, 0.25) is 0 Å². The van der Waals surface area contributed by atoms with Crippen molar-refractivity contribution < 1.29 is 5.11 Å². The van der Waals surface area contributed by atoms with Crippen LogP contribution >= 0.6 is 24.0 Å². The summed E-state index contributed by atoms with van der Waals surface area (Å²) in [7, 11) is 0. The van der Waals surface area contributed by atoms with E-state index in [4.69, 9.17) is 16.6 Å². The molecule has 5 nitrogen and oxygen atoms in total. The second-order valence-electron chi connectivity index (χ2n) is 9.33. The number of aromatic hydroxyl groups is 1. The number of para-hydroxylation sites is 1. The van der Waals surface area contributed by atoms with Crippen LogP contribution < -0.4 is 15.5 Å². The Hall–Kier alpha value is -2.21. The van der Waals surface area contributed by atoms with Gasteiger partial charge in [0.1, 0.15) is 11.6 Å². The molecule has 0 amide bonds. The molecule has 2 aromatic carbocycles. The van der Waals surface area contributed by atoms with E-state index in [-0.39, 0.29) is 23.7 Å². The second-order valence-corrected chi connectivity index (χ2v) is 9.76. The van der Waals surface area contributed by atoms with E-state index in [0.29, 0.717) is 17.6 Å². The summed E-state index contributed by atoms with van der Waals surface area (Å²) in [4.78, 5) is 7.27. The predicted octanol–water partition coefficient (Wildman–Crippen LogP) is 5.98. The maximum absolute atomic E-state index is 10.1. The van der Waals surface area contributed by atoms with E-state index >= 15 is 0 Å². The lowest BCUT2D eigenvalue weighted by molar-refractivity contribution is 0.317. The number of benzene rings is 2. The number of nitrogens with one attached hydrogen (secondary N) is 2. The highest BCUT2D eigenvalue weighted by atomic mass is 35.5. The highest BCUT2D eigenvalue weighted by Gasteiger charge is 2.24. The molecule has 0 atom stereocenters. The Bertz CT molecular complexity index is 1060. The first-order valence-electron chi connectivity index (χ1n) is 10.9. The molecule has 1 saturated heterocycles. The van der Waals surface area contributed by atoms with Crippen LogP contribution in [0, 0.1) is 0 Å². The van der Waals surface area contributed by atoms with Gasteiger partial charge in [-0.15, -0.1) is 12.4 Å². The van der Waals surface area contributed by atoms with Crippen molar-refractivity contribution in [3.63, 3.8) is 0 Å². The van der Waals surface area contributed by atoms with Crippen LogP contribution in [0.25, 0.3) is 10.9 Å². The number of nitrogens with zero attached hydrogens (tertiary/aromatic N) is 2. The van der Waals surface area contributed by atoms with Crippen LogP contribution in [0.2, 0.25) is 5.02 Å². The van der Waals surface area contributed by atoms with E-state index in [2.05, 4.69) is 60.6 Å². The fourth-order valence-electron chi connectivity index (χ4n) is 4.26. The number of hydrogen-bond acceptors (Lipinski definition) is 5. The lowest BCUT2D eigenvalue weighted by Gasteiger charge is -2.37. The molecule has 7 heteroatoms. The summed E-state index contributed by atoms with van der Waals surface area (Å²) in [5, 5.41) is 19.0. The minimum absolute atomic E-state index is 0. The monoisotopic (exact) mass is 474 g/mol. The quantitative estimate of drug-likeness (QED) is 0.424. The first kappa shape index (κ1) is 24.4. The molecule has 3 N–H and O–H groups in total. The highest BCUT2D eigenvalue weighted by molar-refractivity contribution is 6.30. The maximum atomic E-state index is 10.1. The van der Waals surface area contributed by atoms with E-state index in [1.54, 1.807) is 12.1 Å². The zero-order chi connectivity index (χ0) is 22.0. The molecule has 0 saturated carbocycles. The number of aromatic nitrogens is 1. The van der Waals surface area contributed by atoms with Gasteiger partial charge >= 0.3 is 0 Å². The molecule has 2 heterocycles. The molecule has 0 spiro atoms. The highest BCUT2D eigenvalue weighted by Crippen LogP contribution is 2.31. The van der Waals surface area contributed by atoms with Gasteiger partial charge in [0.15, 0.2) is 0 Å². The molecule has 1 fully saturated rings. The van der Waals surface area contributed by atoms with E-state index in [1.165, 1.54) is 11.1 Å².